The zero-order chi connectivity index (χ0) is 50.5. The van der Waals surface area contributed by atoms with E-state index in [2.05, 4.69) is 314 Å². The predicted molar refractivity (Wildman–Crippen MR) is 322 cm³/mol. The van der Waals surface area contributed by atoms with Gasteiger partial charge in [0.15, 0.2) is 8.07 Å². The maximum atomic E-state index is 2.52. The Bertz CT molecular complexity index is 3960. The quantitative estimate of drug-likeness (QED) is 0.133. The third-order valence-corrected chi connectivity index (χ3v) is 21.9. The average molecular weight is 1000 g/mol. The molecule has 358 valence electrons. The number of hydrogen-bond donors (Lipinski definition) is 0. The van der Waals surface area contributed by atoms with Crippen molar-refractivity contribution in [2.75, 3.05) is 4.90 Å². The molecule has 0 radical (unpaired) electrons. The molecule has 0 bridgehead atoms. The number of nitrogens with zero attached hydrogens (tertiary/aromatic N) is 1. The number of anilines is 3. The van der Waals surface area contributed by atoms with Crippen LogP contribution in [-0.4, -0.2) is 8.07 Å². The van der Waals surface area contributed by atoms with Crippen molar-refractivity contribution >= 4 is 57.6 Å². The molecule has 0 aromatic heterocycles. The van der Waals surface area contributed by atoms with Crippen LogP contribution in [0.15, 0.2) is 319 Å². The van der Waals surface area contributed by atoms with E-state index >= 15 is 0 Å². The van der Waals surface area contributed by atoms with Gasteiger partial charge in [-0.1, -0.05) is 267 Å². The summed E-state index contributed by atoms with van der Waals surface area (Å²) >= 11 is 1.90. The molecule has 2 aliphatic rings. The Morgan fingerprint density at radius 3 is 1.18 bits per heavy atom. The first-order valence-corrected chi connectivity index (χ1v) is 29.0. The van der Waals surface area contributed by atoms with Crippen molar-refractivity contribution in [2.24, 2.45) is 0 Å². The number of para-hydroxylation sites is 1. The molecule has 12 aromatic carbocycles. The predicted octanol–water partition coefficient (Wildman–Crippen LogP) is 16.4. The van der Waals surface area contributed by atoms with Crippen molar-refractivity contribution in [1.29, 1.82) is 0 Å². The zero-order valence-corrected chi connectivity index (χ0v) is 43.6. The molecule has 0 amide bonds. The van der Waals surface area contributed by atoms with Gasteiger partial charge in [-0.15, -0.1) is 0 Å². The lowest BCUT2D eigenvalue weighted by atomic mass is 9.64. The molecule has 1 spiro atoms. The maximum Gasteiger partial charge on any atom is 0.180 e. The SMILES string of the molecule is c1ccc(-c2ccc(-c3ccc(N(c4ccccc4)c4cccc(-c5ccc(-c6ccc7c(c6)C6(c8ccccc8S7)c7ccccc7[Si](c7ccccc7)(c7ccccc7)c7ccccc76)cc5)c4)cc3)cc2)cc1. The second-order valence-electron chi connectivity index (χ2n) is 19.9. The Morgan fingerprint density at radius 2 is 0.618 bits per heavy atom. The van der Waals surface area contributed by atoms with Crippen LogP contribution in [0.5, 0.6) is 0 Å². The Kier molecular flexibility index (Phi) is 11.4. The van der Waals surface area contributed by atoms with Gasteiger partial charge in [0.1, 0.15) is 0 Å². The van der Waals surface area contributed by atoms with Crippen LogP contribution in [0.25, 0.3) is 44.5 Å². The van der Waals surface area contributed by atoms with E-state index < -0.39 is 13.5 Å². The lowest BCUT2D eigenvalue weighted by Crippen LogP contribution is -2.79. The van der Waals surface area contributed by atoms with Gasteiger partial charge in [0.25, 0.3) is 0 Å². The molecule has 0 aliphatic carbocycles. The Labute approximate surface area is 451 Å². The average Bonchev–Trinajstić information content (AvgIpc) is 3.59. The lowest BCUT2D eigenvalue weighted by Gasteiger charge is -2.51. The molecule has 2 heterocycles. The number of rotatable bonds is 9. The highest BCUT2D eigenvalue weighted by Crippen LogP contribution is 2.57. The number of benzene rings is 12. The van der Waals surface area contributed by atoms with Crippen molar-refractivity contribution in [3.63, 3.8) is 0 Å². The van der Waals surface area contributed by atoms with Gasteiger partial charge in [-0.3, -0.25) is 0 Å². The number of hydrogen-bond acceptors (Lipinski definition) is 2. The Morgan fingerprint density at radius 1 is 0.250 bits per heavy atom. The molecule has 0 N–H and O–H groups in total. The molecular formula is C73H51NSSi. The van der Waals surface area contributed by atoms with E-state index in [0.29, 0.717) is 0 Å². The second kappa shape index (κ2) is 19.0. The monoisotopic (exact) mass is 1000 g/mol. The van der Waals surface area contributed by atoms with E-state index in [4.69, 9.17) is 0 Å². The van der Waals surface area contributed by atoms with Gasteiger partial charge in [-0.2, -0.15) is 0 Å². The van der Waals surface area contributed by atoms with Crippen LogP contribution >= 0.6 is 11.8 Å². The molecule has 14 rings (SSSR count). The van der Waals surface area contributed by atoms with Gasteiger partial charge in [0.05, 0.1) is 5.41 Å². The van der Waals surface area contributed by atoms with Crippen molar-refractivity contribution in [1.82, 2.24) is 0 Å². The Balaban J connectivity index is 0.844. The highest BCUT2D eigenvalue weighted by Gasteiger charge is 2.57. The fourth-order valence-electron chi connectivity index (χ4n) is 12.5. The lowest BCUT2D eigenvalue weighted by molar-refractivity contribution is 0.707. The summed E-state index contributed by atoms with van der Waals surface area (Å²) in [6.07, 6.45) is 0. The van der Waals surface area contributed by atoms with Gasteiger partial charge < -0.3 is 4.90 Å². The summed E-state index contributed by atoms with van der Waals surface area (Å²) < 4.78 is 0. The standard InChI is InChI=1S/C73H51NSSi/c1-5-20-52(21-6-1)53-36-38-54(39-37-53)55-44-47-61(48-45-55)74(60-23-7-2-8-24-60)62-25-19-22-58(50-62)56-40-42-57(43-41-56)59-46-49-70-68(51-59)73(65-30-13-16-33-69(65)75-70)66-31-14-17-34-71(66)76(63-26-9-3-10-27-63,64-28-11-4-12-29-64)72-35-18-15-32-67(72)73/h1-51H. The number of fused-ring (bicyclic) bond motifs is 8. The first-order valence-electron chi connectivity index (χ1n) is 26.2. The van der Waals surface area contributed by atoms with Crippen molar-refractivity contribution < 1.29 is 0 Å². The molecule has 12 aromatic rings. The normalized spacial score (nSPS) is 13.4. The van der Waals surface area contributed by atoms with Crippen LogP contribution in [-0.2, 0) is 5.41 Å². The molecule has 0 saturated carbocycles. The minimum atomic E-state index is -2.83. The fraction of sp³-hybridized carbons (Fsp3) is 0.0137. The minimum absolute atomic E-state index is 0.556. The van der Waals surface area contributed by atoms with E-state index in [1.807, 2.05) is 11.8 Å². The third kappa shape index (κ3) is 7.46. The highest BCUT2D eigenvalue weighted by molar-refractivity contribution is 7.99. The van der Waals surface area contributed by atoms with Crippen molar-refractivity contribution in [3.8, 4) is 44.5 Å². The van der Waals surface area contributed by atoms with Crippen LogP contribution in [0.1, 0.15) is 22.3 Å². The van der Waals surface area contributed by atoms with E-state index in [0.717, 1.165) is 22.6 Å². The molecule has 0 fully saturated rings. The van der Waals surface area contributed by atoms with Crippen LogP contribution in [0.2, 0.25) is 0 Å². The first-order chi connectivity index (χ1) is 37.7. The van der Waals surface area contributed by atoms with Gasteiger partial charge in [-0.05, 0) is 142 Å². The van der Waals surface area contributed by atoms with Gasteiger partial charge >= 0.3 is 0 Å². The van der Waals surface area contributed by atoms with Crippen LogP contribution in [0, 0.1) is 0 Å². The van der Waals surface area contributed by atoms with Crippen molar-refractivity contribution in [3.05, 3.63) is 332 Å². The summed E-state index contributed by atoms with van der Waals surface area (Å²) in [4.78, 5) is 4.96. The van der Waals surface area contributed by atoms with E-state index in [9.17, 15) is 0 Å². The second-order valence-corrected chi connectivity index (χ2v) is 24.7. The smallest absolute Gasteiger partial charge is 0.180 e. The molecule has 0 saturated heterocycles. The van der Waals surface area contributed by atoms with Gasteiger partial charge in [0, 0.05) is 26.9 Å². The molecule has 0 unspecified atom stereocenters. The maximum absolute atomic E-state index is 2.83. The van der Waals surface area contributed by atoms with Gasteiger partial charge in [-0.25, -0.2) is 0 Å². The first kappa shape index (κ1) is 45.6. The third-order valence-electron chi connectivity index (χ3n) is 15.9. The van der Waals surface area contributed by atoms with Crippen LogP contribution in [0.3, 0.4) is 0 Å². The summed E-state index contributed by atoms with van der Waals surface area (Å²) in [6.45, 7) is 0. The summed E-state index contributed by atoms with van der Waals surface area (Å²) in [6, 6.07) is 115. The van der Waals surface area contributed by atoms with E-state index in [-0.39, 0.29) is 0 Å². The van der Waals surface area contributed by atoms with Crippen molar-refractivity contribution in [2.45, 2.75) is 15.2 Å². The summed E-state index contributed by atoms with van der Waals surface area (Å²) in [5.41, 5.74) is 17.8. The van der Waals surface area contributed by atoms with Gasteiger partial charge in [0.2, 0.25) is 0 Å². The zero-order valence-electron chi connectivity index (χ0n) is 41.8. The molecule has 76 heavy (non-hydrogen) atoms. The minimum Gasteiger partial charge on any atom is -0.310 e. The molecule has 2 aliphatic heterocycles. The molecule has 1 nitrogen and oxygen atoms in total. The summed E-state index contributed by atoms with van der Waals surface area (Å²) in [7, 11) is -2.83. The topological polar surface area (TPSA) is 3.24 Å². The highest BCUT2D eigenvalue weighted by atomic mass is 32.2. The Hall–Kier alpha value is -8.99. The van der Waals surface area contributed by atoms with Crippen LogP contribution in [0.4, 0.5) is 17.1 Å². The fourth-order valence-corrected chi connectivity index (χ4v) is 19.0. The summed E-state index contributed by atoms with van der Waals surface area (Å²) in [5.74, 6) is 0. The molecular weight excluding hydrogens is 951 g/mol. The molecule has 0 atom stereocenters. The van der Waals surface area contributed by atoms with E-state index in [1.54, 1.807) is 0 Å². The summed E-state index contributed by atoms with van der Waals surface area (Å²) in [5, 5.41) is 5.70. The van der Waals surface area contributed by atoms with Crippen LogP contribution < -0.4 is 25.6 Å². The largest absolute Gasteiger partial charge is 0.310 e. The molecule has 3 heteroatoms. The van der Waals surface area contributed by atoms with E-state index in [1.165, 1.54) is 91.7 Å².